The van der Waals surface area contributed by atoms with Crippen LogP contribution >= 0.6 is 12.2 Å². The summed E-state index contributed by atoms with van der Waals surface area (Å²) in [6, 6.07) is 13.1. The van der Waals surface area contributed by atoms with Crippen LogP contribution in [0, 0.1) is 6.92 Å². The van der Waals surface area contributed by atoms with E-state index in [9.17, 15) is 21.9 Å². The Morgan fingerprint density at radius 3 is 2.32 bits per heavy atom. The summed E-state index contributed by atoms with van der Waals surface area (Å²) in [4.78, 5) is 9.16. The van der Waals surface area contributed by atoms with Crippen LogP contribution in [0.3, 0.4) is 0 Å². The van der Waals surface area contributed by atoms with Gasteiger partial charge in [-0.25, -0.2) is 4.99 Å². The molecule has 0 bridgehead atoms. The first-order valence-electron chi connectivity index (χ1n) is 11.6. The van der Waals surface area contributed by atoms with Crippen molar-refractivity contribution in [1.82, 2.24) is 9.47 Å². The van der Waals surface area contributed by atoms with Crippen LogP contribution in [0.4, 0.5) is 18.9 Å². The number of nitrogens with zero attached hydrogens (tertiary/aromatic N) is 4. The predicted molar refractivity (Wildman–Crippen MR) is 142 cm³/mol. The summed E-state index contributed by atoms with van der Waals surface area (Å²) in [6.07, 6.45) is -4.45. The molecular weight excluding hydrogens is 521 g/mol. The van der Waals surface area contributed by atoms with Gasteiger partial charge in [0.1, 0.15) is 10.6 Å². The molecule has 6 nitrogen and oxygen atoms in total. The van der Waals surface area contributed by atoms with Crippen molar-refractivity contribution >= 4 is 39.1 Å². The van der Waals surface area contributed by atoms with Crippen LogP contribution in [0.5, 0.6) is 0 Å². The Balaban J connectivity index is 1.74. The lowest BCUT2D eigenvalue weighted by atomic mass is 10.1. The van der Waals surface area contributed by atoms with Gasteiger partial charge >= 0.3 is 6.18 Å². The van der Waals surface area contributed by atoms with Gasteiger partial charge in [-0.05, 0) is 50.6 Å². The average Bonchev–Trinajstić information content (AvgIpc) is 3.31. The highest BCUT2D eigenvalue weighted by Crippen LogP contribution is 2.45. The second-order valence-corrected chi connectivity index (χ2v) is 12.2. The van der Waals surface area contributed by atoms with Gasteiger partial charge in [-0.2, -0.15) is 17.7 Å². The number of fused-ring (bicyclic) bond motifs is 3. The summed E-state index contributed by atoms with van der Waals surface area (Å²) in [5.41, 5.74) is 1.26. The first-order chi connectivity index (χ1) is 17.2. The molecule has 1 N–H and O–H groups in total. The van der Waals surface area contributed by atoms with Crippen LogP contribution in [0.15, 0.2) is 69.5 Å². The van der Waals surface area contributed by atoms with Crippen LogP contribution in [0.25, 0.3) is 0 Å². The van der Waals surface area contributed by atoms with E-state index in [4.69, 9.17) is 17.2 Å². The third kappa shape index (κ3) is 4.18. The molecule has 2 aliphatic rings. The Hall–Kier alpha value is -3.02. The Labute approximate surface area is 219 Å². The van der Waals surface area contributed by atoms with Crippen molar-refractivity contribution in [3.63, 3.8) is 0 Å². The highest BCUT2D eigenvalue weighted by molar-refractivity contribution is 7.97. The zero-order chi connectivity index (χ0) is 26.9. The SMILES string of the molecule is Cc1c2c(c([S+](=O)(O)c3ccccc3)n1Cc1ccc(C(F)(F)F)cc1)C(=S)N(C)C1=NC(C)(C)CN12. The number of rotatable bonds is 4. The molecule has 3 aromatic rings. The van der Waals surface area contributed by atoms with Crippen LogP contribution in [0.1, 0.15) is 36.2 Å². The molecule has 0 radical (unpaired) electrons. The maximum Gasteiger partial charge on any atom is 0.416 e. The molecule has 3 heterocycles. The summed E-state index contributed by atoms with van der Waals surface area (Å²) in [5.74, 6) is 0.660. The average molecular weight is 548 g/mol. The quantitative estimate of drug-likeness (QED) is 0.329. The van der Waals surface area contributed by atoms with E-state index >= 15 is 0 Å². The maximum absolute atomic E-state index is 14.2. The van der Waals surface area contributed by atoms with Gasteiger partial charge in [0.15, 0.2) is 4.90 Å². The molecule has 11 heteroatoms. The Morgan fingerprint density at radius 2 is 1.73 bits per heavy atom. The summed E-state index contributed by atoms with van der Waals surface area (Å²) >= 11 is 5.83. The van der Waals surface area contributed by atoms with E-state index in [0.29, 0.717) is 40.0 Å². The van der Waals surface area contributed by atoms with Gasteiger partial charge in [-0.3, -0.25) is 4.57 Å². The zero-order valence-electron chi connectivity index (χ0n) is 20.7. The van der Waals surface area contributed by atoms with E-state index in [1.165, 1.54) is 12.1 Å². The fourth-order valence-corrected chi connectivity index (χ4v) is 6.97. The second kappa shape index (κ2) is 8.50. The van der Waals surface area contributed by atoms with E-state index in [2.05, 4.69) is 0 Å². The number of hydrogen-bond donors (Lipinski definition) is 1. The minimum absolute atomic E-state index is 0.0900. The van der Waals surface area contributed by atoms with Crippen molar-refractivity contribution in [2.75, 3.05) is 18.5 Å². The molecule has 0 saturated carbocycles. The lowest BCUT2D eigenvalue weighted by Crippen LogP contribution is -2.48. The van der Waals surface area contributed by atoms with Gasteiger partial charge in [0.05, 0.1) is 29.9 Å². The molecule has 0 saturated heterocycles. The van der Waals surface area contributed by atoms with Crippen LogP contribution in [-0.2, 0) is 27.1 Å². The van der Waals surface area contributed by atoms with Crippen molar-refractivity contribution in [3.05, 3.63) is 77.0 Å². The molecule has 0 fully saturated rings. The normalized spacial score (nSPS) is 18.4. The largest absolute Gasteiger partial charge is 0.416 e. The number of benzene rings is 2. The van der Waals surface area contributed by atoms with Crippen molar-refractivity contribution in [2.24, 2.45) is 4.99 Å². The molecule has 0 aliphatic carbocycles. The highest BCUT2D eigenvalue weighted by atomic mass is 32.3. The van der Waals surface area contributed by atoms with Gasteiger partial charge in [-0.15, -0.1) is 0 Å². The number of anilines is 1. The van der Waals surface area contributed by atoms with Gasteiger partial charge in [0.2, 0.25) is 5.96 Å². The lowest BCUT2D eigenvalue weighted by Gasteiger charge is -2.34. The number of aromatic nitrogens is 1. The van der Waals surface area contributed by atoms with Crippen LogP contribution < -0.4 is 4.90 Å². The molecule has 2 aliphatic heterocycles. The Morgan fingerprint density at radius 1 is 1.11 bits per heavy atom. The minimum Gasteiger partial charge on any atom is -0.307 e. The molecule has 194 valence electrons. The monoisotopic (exact) mass is 547 g/mol. The predicted octanol–water partition coefficient (Wildman–Crippen LogP) is 5.83. The van der Waals surface area contributed by atoms with Crippen LogP contribution in [-0.4, -0.2) is 44.1 Å². The summed E-state index contributed by atoms with van der Waals surface area (Å²) in [5, 5.41) is 0.131. The highest BCUT2D eigenvalue weighted by Gasteiger charge is 2.50. The lowest BCUT2D eigenvalue weighted by molar-refractivity contribution is -0.137. The van der Waals surface area contributed by atoms with Crippen molar-refractivity contribution in [3.8, 4) is 0 Å². The molecule has 5 rings (SSSR count). The molecule has 1 atom stereocenters. The summed E-state index contributed by atoms with van der Waals surface area (Å²) < 4.78 is 66.9. The van der Waals surface area contributed by atoms with Gasteiger partial charge < -0.3 is 9.80 Å². The second-order valence-electron chi connectivity index (χ2n) is 9.91. The number of alkyl halides is 3. The maximum atomic E-state index is 14.2. The number of hydrogen-bond acceptors (Lipinski definition) is 4. The van der Waals surface area contributed by atoms with E-state index in [1.807, 2.05) is 25.7 Å². The molecule has 1 aromatic heterocycles. The number of aliphatic imine (C=N–C) groups is 1. The topological polar surface area (TPSA) is 61.1 Å². The molecule has 37 heavy (non-hydrogen) atoms. The van der Waals surface area contributed by atoms with E-state index in [0.717, 1.165) is 12.1 Å². The van der Waals surface area contributed by atoms with Crippen molar-refractivity contribution in [2.45, 2.75) is 49.0 Å². The summed E-state index contributed by atoms with van der Waals surface area (Å²) in [7, 11) is -2.02. The van der Waals surface area contributed by atoms with E-state index in [-0.39, 0.29) is 16.5 Å². The third-order valence-electron chi connectivity index (χ3n) is 6.67. The number of halogens is 3. The fraction of sp³-hybridized carbons (Fsp3) is 0.308. The standard InChI is InChI=1S/C26H25F3N4O2S2/c1-16-21-20(22(36)31(4)24-30-25(2,3)15-33(21)24)23(37(34,35)19-8-6-5-7-9-19)32(16)14-17-10-12-18(13-11-17)26(27,28)29/h5-13H,14-15H2,1-4H3/p+1. The van der Waals surface area contributed by atoms with Gasteiger partial charge in [0.25, 0.3) is 15.2 Å². The first-order valence-corrected chi connectivity index (χ1v) is 13.5. The van der Waals surface area contributed by atoms with Crippen molar-refractivity contribution in [1.29, 1.82) is 0 Å². The molecule has 1 unspecified atom stereocenters. The molecule has 0 spiro atoms. The third-order valence-corrected chi connectivity index (χ3v) is 9.01. The minimum atomic E-state index is -4.45. The van der Waals surface area contributed by atoms with Crippen LogP contribution in [0.2, 0.25) is 0 Å². The Bertz CT molecular complexity index is 1480. The van der Waals surface area contributed by atoms with E-state index in [1.54, 1.807) is 46.8 Å². The summed E-state index contributed by atoms with van der Waals surface area (Å²) in [6.45, 7) is 6.48. The smallest absolute Gasteiger partial charge is 0.307 e. The zero-order valence-corrected chi connectivity index (χ0v) is 22.3. The van der Waals surface area contributed by atoms with Gasteiger partial charge in [0, 0.05) is 12.7 Å². The Kier molecular flexibility index (Phi) is 5.89. The number of guanidine groups is 1. The van der Waals surface area contributed by atoms with Gasteiger partial charge in [-0.1, -0.05) is 46.8 Å². The first kappa shape index (κ1) is 25.6. The fourth-order valence-electron chi connectivity index (χ4n) is 4.91. The molecule has 2 aromatic carbocycles. The van der Waals surface area contributed by atoms with Crippen molar-refractivity contribution < 1.29 is 21.9 Å². The van der Waals surface area contributed by atoms with E-state index < -0.39 is 27.5 Å². The molecular formula is C26H26F3N4O2S2+. The molecule has 0 amide bonds. The number of thiocarbonyl (C=S) groups is 1.